The van der Waals surface area contributed by atoms with E-state index in [1.807, 2.05) is 42.5 Å². The van der Waals surface area contributed by atoms with Crippen LogP contribution in [-0.2, 0) is 19.7 Å². The zero-order chi connectivity index (χ0) is 12.8. The highest BCUT2D eigenvalue weighted by Gasteiger charge is 2.46. The van der Waals surface area contributed by atoms with Gasteiger partial charge in [0.05, 0.1) is 6.42 Å². The first-order valence-corrected chi connectivity index (χ1v) is 5.84. The van der Waals surface area contributed by atoms with Crippen LogP contribution in [0.15, 0.2) is 42.5 Å². The molecule has 1 saturated heterocycles. The van der Waals surface area contributed by atoms with E-state index in [4.69, 9.17) is 0 Å². The highest BCUT2D eigenvalue weighted by molar-refractivity contribution is 6.01. The lowest BCUT2D eigenvalue weighted by atomic mass is 9.80. The molecule has 1 atom stereocenters. The van der Waals surface area contributed by atoms with Crippen molar-refractivity contribution in [3.05, 3.63) is 48.0 Å². The topological polar surface area (TPSA) is 43.4 Å². The Morgan fingerprint density at radius 3 is 2.44 bits per heavy atom. The Balaban J connectivity index is 2.14. The number of benzene rings is 2. The molecule has 0 N–H and O–H groups in total. The smallest absolute Gasteiger partial charge is 0.324 e. The van der Waals surface area contributed by atoms with E-state index in [0.29, 0.717) is 0 Å². The van der Waals surface area contributed by atoms with E-state index in [9.17, 15) is 9.59 Å². The lowest BCUT2D eigenvalue weighted by molar-refractivity contribution is -0.153. The number of esters is 2. The van der Waals surface area contributed by atoms with Crippen molar-refractivity contribution in [1.82, 2.24) is 0 Å². The second-order valence-corrected chi connectivity index (χ2v) is 4.83. The Kier molecular flexibility index (Phi) is 2.23. The van der Waals surface area contributed by atoms with Gasteiger partial charge in [0.25, 0.3) is 0 Å². The Morgan fingerprint density at radius 1 is 1.06 bits per heavy atom. The van der Waals surface area contributed by atoms with Crippen LogP contribution in [0.25, 0.3) is 10.8 Å². The van der Waals surface area contributed by atoms with Crippen molar-refractivity contribution in [2.45, 2.75) is 18.8 Å². The largest absolute Gasteiger partial charge is 0.392 e. The molecule has 0 spiro atoms. The van der Waals surface area contributed by atoms with Gasteiger partial charge in [-0.2, -0.15) is 0 Å². The Hall–Kier alpha value is -2.16. The summed E-state index contributed by atoms with van der Waals surface area (Å²) < 4.78 is 4.67. The van der Waals surface area contributed by atoms with E-state index >= 15 is 0 Å². The molecule has 2 aromatic carbocycles. The van der Waals surface area contributed by atoms with Crippen LogP contribution in [-0.4, -0.2) is 11.9 Å². The first-order chi connectivity index (χ1) is 8.59. The van der Waals surface area contributed by atoms with Gasteiger partial charge in [-0.3, -0.25) is 9.59 Å². The van der Waals surface area contributed by atoms with Gasteiger partial charge in [0.1, 0.15) is 5.41 Å². The molecule has 1 aliphatic heterocycles. The summed E-state index contributed by atoms with van der Waals surface area (Å²) in [6.07, 6.45) is 0.115. The van der Waals surface area contributed by atoms with Crippen LogP contribution in [0.3, 0.4) is 0 Å². The summed E-state index contributed by atoms with van der Waals surface area (Å²) in [5, 5.41) is 2.17. The molecule has 0 radical (unpaired) electrons. The van der Waals surface area contributed by atoms with Crippen LogP contribution in [0.2, 0.25) is 0 Å². The fourth-order valence-corrected chi connectivity index (χ4v) is 2.37. The lowest BCUT2D eigenvalue weighted by Gasteiger charge is -2.18. The van der Waals surface area contributed by atoms with E-state index in [2.05, 4.69) is 4.74 Å². The number of carbonyl (C=O) groups excluding carboxylic acids is 2. The average molecular weight is 240 g/mol. The minimum atomic E-state index is -0.846. The molecule has 2 aromatic rings. The second-order valence-electron chi connectivity index (χ2n) is 4.83. The van der Waals surface area contributed by atoms with Gasteiger partial charge >= 0.3 is 11.9 Å². The molecular weight excluding hydrogens is 228 g/mol. The quantitative estimate of drug-likeness (QED) is 0.568. The van der Waals surface area contributed by atoms with E-state index in [1.165, 1.54) is 0 Å². The molecule has 3 heteroatoms. The average Bonchev–Trinajstić information content (AvgIpc) is 2.63. The summed E-state index contributed by atoms with van der Waals surface area (Å²) in [6, 6.07) is 13.7. The van der Waals surface area contributed by atoms with Gasteiger partial charge in [-0.15, -0.1) is 0 Å². The Labute approximate surface area is 104 Å². The molecule has 3 rings (SSSR count). The molecule has 18 heavy (non-hydrogen) atoms. The van der Waals surface area contributed by atoms with Crippen molar-refractivity contribution in [3.8, 4) is 0 Å². The highest BCUT2D eigenvalue weighted by Crippen LogP contribution is 2.35. The summed E-state index contributed by atoms with van der Waals surface area (Å²) in [4.78, 5) is 23.1. The molecule has 0 bridgehead atoms. The number of fused-ring (bicyclic) bond motifs is 1. The summed E-state index contributed by atoms with van der Waals surface area (Å²) >= 11 is 0. The van der Waals surface area contributed by atoms with Gasteiger partial charge in [-0.1, -0.05) is 36.4 Å². The Bertz CT molecular complexity index is 660. The molecule has 1 fully saturated rings. The first-order valence-electron chi connectivity index (χ1n) is 5.84. The van der Waals surface area contributed by atoms with E-state index in [-0.39, 0.29) is 6.42 Å². The van der Waals surface area contributed by atoms with Gasteiger partial charge in [0.2, 0.25) is 0 Å². The lowest BCUT2D eigenvalue weighted by Crippen LogP contribution is -2.27. The molecule has 1 unspecified atom stereocenters. The zero-order valence-electron chi connectivity index (χ0n) is 9.97. The number of carbonyl (C=O) groups is 2. The molecule has 0 saturated carbocycles. The summed E-state index contributed by atoms with van der Waals surface area (Å²) in [5.41, 5.74) is -0.0155. The van der Waals surface area contributed by atoms with E-state index in [1.54, 1.807) is 6.92 Å². The van der Waals surface area contributed by atoms with Crippen LogP contribution in [0, 0.1) is 0 Å². The van der Waals surface area contributed by atoms with Gasteiger partial charge in [-0.05, 0) is 29.3 Å². The summed E-state index contributed by atoms with van der Waals surface area (Å²) in [5.74, 6) is -0.904. The third kappa shape index (κ3) is 1.51. The number of ether oxygens (including phenoxy) is 1. The predicted molar refractivity (Wildman–Crippen MR) is 67.0 cm³/mol. The number of hydrogen-bond acceptors (Lipinski definition) is 3. The monoisotopic (exact) mass is 240 g/mol. The van der Waals surface area contributed by atoms with Crippen LogP contribution in [0.5, 0.6) is 0 Å². The standard InChI is InChI=1S/C15H12O3/c1-15(9-13(16)18-14(15)17)12-7-6-10-4-2-3-5-11(10)8-12/h2-8H,9H2,1H3. The molecule has 1 heterocycles. The molecule has 0 amide bonds. The summed E-state index contributed by atoms with van der Waals surface area (Å²) in [7, 11) is 0. The molecular formula is C15H12O3. The fourth-order valence-electron chi connectivity index (χ4n) is 2.37. The van der Waals surface area contributed by atoms with Gasteiger partial charge in [0.15, 0.2) is 0 Å². The maximum Gasteiger partial charge on any atom is 0.324 e. The van der Waals surface area contributed by atoms with Gasteiger partial charge < -0.3 is 4.74 Å². The maximum atomic E-state index is 11.8. The number of rotatable bonds is 1. The van der Waals surface area contributed by atoms with Crippen molar-refractivity contribution in [2.24, 2.45) is 0 Å². The van der Waals surface area contributed by atoms with E-state index < -0.39 is 17.4 Å². The maximum absolute atomic E-state index is 11.8. The predicted octanol–water partition coefficient (Wildman–Crippen LogP) is 2.57. The van der Waals surface area contributed by atoms with Crippen LogP contribution >= 0.6 is 0 Å². The number of cyclic esters (lactones) is 2. The van der Waals surface area contributed by atoms with Crippen molar-refractivity contribution in [2.75, 3.05) is 0 Å². The van der Waals surface area contributed by atoms with Crippen LogP contribution < -0.4 is 0 Å². The minimum absolute atomic E-state index is 0.115. The zero-order valence-corrected chi connectivity index (χ0v) is 9.97. The van der Waals surface area contributed by atoms with Gasteiger partial charge in [-0.25, -0.2) is 0 Å². The van der Waals surface area contributed by atoms with Gasteiger partial charge in [0, 0.05) is 0 Å². The van der Waals surface area contributed by atoms with Crippen molar-refractivity contribution in [1.29, 1.82) is 0 Å². The van der Waals surface area contributed by atoms with Crippen molar-refractivity contribution < 1.29 is 14.3 Å². The number of hydrogen-bond donors (Lipinski definition) is 0. The molecule has 3 nitrogen and oxygen atoms in total. The minimum Gasteiger partial charge on any atom is -0.392 e. The summed E-state index contributed by atoms with van der Waals surface area (Å²) in [6.45, 7) is 1.75. The van der Waals surface area contributed by atoms with Crippen LogP contribution in [0.4, 0.5) is 0 Å². The third-order valence-electron chi connectivity index (χ3n) is 3.54. The second kappa shape index (κ2) is 3.67. The van der Waals surface area contributed by atoms with Crippen molar-refractivity contribution >= 4 is 22.7 Å². The molecule has 90 valence electrons. The molecule has 0 aliphatic carbocycles. The van der Waals surface area contributed by atoms with Crippen LogP contribution in [0.1, 0.15) is 18.9 Å². The normalized spacial score (nSPS) is 23.4. The molecule has 0 aromatic heterocycles. The third-order valence-corrected chi connectivity index (χ3v) is 3.54. The van der Waals surface area contributed by atoms with Crippen molar-refractivity contribution in [3.63, 3.8) is 0 Å². The first kappa shape index (κ1) is 11.0. The SMILES string of the molecule is CC1(c2ccc3ccccc3c2)CC(=O)OC1=O. The highest BCUT2D eigenvalue weighted by atomic mass is 16.6. The Morgan fingerprint density at radius 2 is 1.78 bits per heavy atom. The van der Waals surface area contributed by atoms with E-state index in [0.717, 1.165) is 16.3 Å². The molecule has 1 aliphatic rings. The fraction of sp³-hybridized carbons (Fsp3) is 0.200.